The second kappa shape index (κ2) is 7.16. The van der Waals surface area contributed by atoms with Crippen LogP contribution in [0, 0.1) is 0 Å². The van der Waals surface area contributed by atoms with Crippen molar-refractivity contribution in [2.45, 2.75) is 94.0 Å². The molecule has 0 saturated heterocycles. The molecule has 0 bridgehead atoms. The normalized spacial score (nSPS) is 31.6. The monoisotopic (exact) mass is 408 g/mol. The molecule has 146 valence electrons. The van der Waals surface area contributed by atoms with Gasteiger partial charge in [-0.2, -0.15) is 0 Å². The van der Waals surface area contributed by atoms with Gasteiger partial charge < -0.3 is 0 Å². The molecule has 0 aromatic rings. The fourth-order valence-electron chi connectivity index (χ4n) is 7.68. The molecule has 5 aliphatic rings. The van der Waals surface area contributed by atoms with Crippen LogP contribution in [0.25, 0.3) is 0 Å². The molecule has 0 aromatic carbocycles. The molecule has 0 radical (unpaired) electrons. The number of hydrogen-bond donors (Lipinski definition) is 2. The first-order valence-corrected chi connectivity index (χ1v) is 18.0. The van der Waals surface area contributed by atoms with Gasteiger partial charge in [-0.05, 0) is 0 Å². The van der Waals surface area contributed by atoms with E-state index in [2.05, 4.69) is 45.9 Å². The molecule has 3 saturated carbocycles. The van der Waals surface area contributed by atoms with Crippen LogP contribution in [-0.2, 0) is 0 Å². The summed E-state index contributed by atoms with van der Waals surface area (Å²) in [5.74, 6) is 0. The van der Waals surface area contributed by atoms with Crippen molar-refractivity contribution in [3.8, 4) is 0 Å². The number of rotatable bonds is 5. The van der Waals surface area contributed by atoms with E-state index in [9.17, 15) is 0 Å². The van der Waals surface area contributed by atoms with Gasteiger partial charge in [0, 0.05) is 0 Å². The maximum atomic E-state index is 2.77. The summed E-state index contributed by atoms with van der Waals surface area (Å²) in [6, 6.07) is 0. The average molecular weight is 409 g/mol. The summed E-state index contributed by atoms with van der Waals surface area (Å²) in [6.45, 7) is 0. The van der Waals surface area contributed by atoms with Crippen LogP contribution in [0.3, 0.4) is 0 Å². The van der Waals surface area contributed by atoms with Crippen molar-refractivity contribution in [2.75, 3.05) is 0 Å². The Morgan fingerprint density at radius 1 is 0.462 bits per heavy atom. The van der Waals surface area contributed by atoms with Gasteiger partial charge in [0.25, 0.3) is 0 Å². The molecule has 0 N–H and O–H groups in total. The molecule has 3 aliphatic carbocycles. The van der Waals surface area contributed by atoms with Crippen LogP contribution in [0.15, 0.2) is 45.9 Å². The summed E-state index contributed by atoms with van der Waals surface area (Å²) in [5.41, 5.74) is 3.30. The summed E-state index contributed by atoms with van der Waals surface area (Å²) in [7, 11) is -0.0508. The average Bonchev–Trinajstić information content (AvgIpc) is 3.52. The topological polar surface area (TPSA) is 0 Å². The van der Waals surface area contributed by atoms with Gasteiger partial charge in [-0.1, -0.05) is 0 Å². The van der Waals surface area contributed by atoms with E-state index in [0.29, 0.717) is 0 Å². The Morgan fingerprint density at radius 2 is 0.731 bits per heavy atom. The molecule has 0 unspecified atom stereocenters. The second-order valence-corrected chi connectivity index (χ2v) is 25.6. The Morgan fingerprint density at radius 3 is 1.00 bits per heavy atom. The zero-order valence-corrected chi connectivity index (χ0v) is 18.9. The SMILES string of the molecule is C1=C[SH](P(C2CCCC2)(C2CCCC2)(C2CCCC2)[SH]2C=CC=C2)C=C1. The third kappa shape index (κ3) is 2.28. The van der Waals surface area contributed by atoms with Crippen LogP contribution in [0.4, 0.5) is 0 Å². The first kappa shape index (κ1) is 18.1. The van der Waals surface area contributed by atoms with Gasteiger partial charge in [-0.3, -0.25) is 0 Å². The molecular formula is C23H37PS2. The Kier molecular flexibility index (Phi) is 5.00. The van der Waals surface area contributed by atoms with Crippen molar-refractivity contribution >= 4 is 26.0 Å². The molecule has 3 fully saturated rings. The van der Waals surface area contributed by atoms with Gasteiger partial charge >= 0.3 is 166 Å². The molecule has 5 rings (SSSR count). The van der Waals surface area contributed by atoms with Crippen molar-refractivity contribution < 1.29 is 0 Å². The van der Waals surface area contributed by atoms with Crippen LogP contribution >= 0.6 is 26.0 Å². The van der Waals surface area contributed by atoms with Gasteiger partial charge in [-0.25, -0.2) is 0 Å². The Hall–Kier alpha value is 0.0900. The molecule has 0 nitrogen and oxygen atoms in total. The van der Waals surface area contributed by atoms with E-state index >= 15 is 0 Å². The Bertz CT molecular complexity index is 544. The standard InChI is InChI=1S/C23H37PS2/c1-2-12-21(11-1)24(22-13-3-4-14-22,23-15-5-6-16-23,25-17-7-8-18-25)26-19-9-10-20-26/h7-10,17-23,25-26H,1-6,11-16H2. The van der Waals surface area contributed by atoms with Crippen molar-refractivity contribution in [2.24, 2.45) is 0 Å². The van der Waals surface area contributed by atoms with E-state index in [1.807, 2.05) is 0 Å². The second-order valence-electron chi connectivity index (χ2n) is 9.17. The summed E-state index contributed by atoms with van der Waals surface area (Å²) in [5, 5.41) is 9.15. The first-order valence-electron chi connectivity index (χ1n) is 11.2. The fourth-order valence-corrected chi connectivity index (χ4v) is 39.1. The van der Waals surface area contributed by atoms with Crippen LogP contribution < -0.4 is 0 Å². The van der Waals surface area contributed by atoms with Crippen molar-refractivity contribution in [1.82, 2.24) is 0 Å². The van der Waals surface area contributed by atoms with Crippen molar-refractivity contribution in [3.05, 3.63) is 45.9 Å². The van der Waals surface area contributed by atoms with E-state index in [-0.39, 0.29) is 21.0 Å². The minimum atomic E-state index is -1.92. The van der Waals surface area contributed by atoms with Crippen LogP contribution in [0.2, 0.25) is 0 Å². The summed E-state index contributed by atoms with van der Waals surface area (Å²) < 4.78 is 0. The summed E-state index contributed by atoms with van der Waals surface area (Å²) >= 11 is 0. The first-order chi connectivity index (χ1) is 12.9. The molecule has 2 aliphatic heterocycles. The van der Waals surface area contributed by atoms with Gasteiger partial charge in [0.15, 0.2) is 0 Å². The van der Waals surface area contributed by atoms with E-state index in [1.54, 1.807) is 38.5 Å². The van der Waals surface area contributed by atoms with Gasteiger partial charge in [0.05, 0.1) is 0 Å². The third-order valence-electron chi connectivity index (χ3n) is 8.40. The summed E-state index contributed by atoms with van der Waals surface area (Å²) in [6.07, 6.45) is 28.4. The fraction of sp³-hybridized carbons (Fsp3) is 0.652. The quantitative estimate of drug-likeness (QED) is 0.332. The van der Waals surface area contributed by atoms with Crippen LogP contribution in [-0.4, -0.2) is 17.0 Å². The zero-order valence-electron chi connectivity index (χ0n) is 16.2. The molecule has 26 heavy (non-hydrogen) atoms. The van der Waals surface area contributed by atoms with Crippen molar-refractivity contribution in [1.29, 1.82) is 0 Å². The van der Waals surface area contributed by atoms with E-state index in [0.717, 1.165) is 17.0 Å². The molecule has 0 spiro atoms. The predicted octanol–water partition coefficient (Wildman–Crippen LogP) is 8.28. The minimum absolute atomic E-state index is 0.0254. The molecule has 0 atom stereocenters. The Labute approximate surface area is 165 Å². The van der Waals surface area contributed by atoms with Gasteiger partial charge in [-0.15, -0.1) is 0 Å². The summed E-state index contributed by atoms with van der Waals surface area (Å²) in [4.78, 5) is 0. The molecule has 0 aromatic heterocycles. The number of thiol groups is 2. The maximum absolute atomic E-state index is 2.77. The van der Waals surface area contributed by atoms with Crippen molar-refractivity contribution in [3.63, 3.8) is 0 Å². The Balaban J connectivity index is 1.79. The van der Waals surface area contributed by atoms with Crippen LogP contribution in [0.5, 0.6) is 0 Å². The van der Waals surface area contributed by atoms with E-state index < -0.39 is 5.01 Å². The van der Waals surface area contributed by atoms with E-state index in [1.165, 1.54) is 38.5 Å². The number of hydrogen-bond acceptors (Lipinski definition) is 0. The molecule has 0 amide bonds. The number of allylic oxidation sites excluding steroid dienone is 4. The zero-order chi connectivity index (χ0) is 17.5. The predicted molar refractivity (Wildman–Crippen MR) is 128 cm³/mol. The molecular weight excluding hydrogens is 371 g/mol. The molecule has 3 heteroatoms. The van der Waals surface area contributed by atoms with Gasteiger partial charge in [0.1, 0.15) is 0 Å². The third-order valence-corrected chi connectivity index (χ3v) is 35.6. The molecule has 2 heterocycles. The van der Waals surface area contributed by atoms with Gasteiger partial charge in [0.2, 0.25) is 0 Å². The van der Waals surface area contributed by atoms with Crippen LogP contribution in [0.1, 0.15) is 77.0 Å². The van der Waals surface area contributed by atoms with E-state index in [4.69, 9.17) is 0 Å².